The van der Waals surface area contributed by atoms with Gasteiger partial charge in [0.1, 0.15) is 18.2 Å². The fourth-order valence-electron chi connectivity index (χ4n) is 5.36. The molecule has 15 nitrogen and oxygen atoms in total. The van der Waals surface area contributed by atoms with E-state index in [0.717, 1.165) is 42.2 Å². The van der Waals surface area contributed by atoms with Gasteiger partial charge in [0.2, 0.25) is 5.75 Å². The van der Waals surface area contributed by atoms with E-state index < -0.39 is 29.2 Å². The van der Waals surface area contributed by atoms with Crippen LogP contribution in [-0.2, 0) is 42.7 Å². The lowest BCUT2D eigenvalue weighted by atomic mass is 9.94. The van der Waals surface area contributed by atoms with Gasteiger partial charge in [-0.1, -0.05) is 64.1 Å². The van der Waals surface area contributed by atoms with Crippen LogP contribution in [0.5, 0.6) is 11.5 Å². The second kappa shape index (κ2) is 52.8. The molecule has 0 spiro atoms. The van der Waals surface area contributed by atoms with E-state index in [0.29, 0.717) is 116 Å². The number of hydrogen-bond acceptors (Lipinski definition) is 15. The number of esters is 1. The molecule has 2 rings (SSSR count). The van der Waals surface area contributed by atoms with E-state index in [2.05, 4.69) is 61.0 Å². The number of rotatable bonds is 37. The molecule has 0 aliphatic rings. The fraction of sp³-hybridized carbons (Fsp3) is 0.585. The Bertz CT molecular complexity index is 1690. The maximum atomic E-state index is 13.3. The zero-order valence-corrected chi connectivity index (χ0v) is 45.0. The average molecular weight is 1050 g/mol. The van der Waals surface area contributed by atoms with Crippen molar-refractivity contribution in [3.8, 4) is 24.3 Å². The number of halogens is 4. The molecule has 2 aromatic rings. The summed E-state index contributed by atoms with van der Waals surface area (Å²) in [7, 11) is 1.82. The van der Waals surface area contributed by atoms with Gasteiger partial charge in [0.15, 0.2) is 11.6 Å². The Balaban J connectivity index is -0.00000105. The van der Waals surface area contributed by atoms with E-state index in [4.69, 9.17) is 65.4 Å². The highest BCUT2D eigenvalue weighted by atomic mass is 35.5. The maximum Gasteiger partial charge on any atom is 0.313 e. The summed E-state index contributed by atoms with van der Waals surface area (Å²) in [6, 6.07) is 9.27. The molecule has 0 unspecified atom stereocenters. The number of terminal acetylenes is 1. The van der Waals surface area contributed by atoms with Crippen molar-refractivity contribution in [2.24, 2.45) is 5.73 Å². The molecule has 19 heteroatoms. The summed E-state index contributed by atoms with van der Waals surface area (Å²) in [6.45, 7) is 25.4. The number of ether oxygens (including phenoxy) is 10. The summed E-state index contributed by atoms with van der Waals surface area (Å²) in [6.07, 6.45) is 15.2. The molecule has 5 N–H and O–H groups in total. The molecule has 0 aliphatic heterocycles. The largest absolute Gasteiger partial charge is 0.491 e. The molecule has 0 bridgehead atoms. The second-order valence-corrected chi connectivity index (χ2v) is 15.4. The number of nitrogens with one attached hydrogen (secondary N) is 3. The van der Waals surface area contributed by atoms with E-state index in [1.807, 2.05) is 53.0 Å². The lowest BCUT2D eigenvalue weighted by Gasteiger charge is -2.13. The van der Waals surface area contributed by atoms with Crippen LogP contribution in [0.15, 0.2) is 71.1 Å². The summed E-state index contributed by atoms with van der Waals surface area (Å²) in [5, 5.41) is 7.47. The molecule has 0 aliphatic carbocycles. The zero-order valence-electron chi connectivity index (χ0n) is 44.2. The number of benzene rings is 2. The van der Waals surface area contributed by atoms with Gasteiger partial charge in [-0.15, -0.1) is 12.8 Å². The van der Waals surface area contributed by atoms with E-state index in [1.165, 1.54) is 24.6 Å². The van der Waals surface area contributed by atoms with Crippen molar-refractivity contribution in [3.63, 3.8) is 0 Å². The van der Waals surface area contributed by atoms with Crippen molar-refractivity contribution in [1.82, 2.24) is 10.9 Å². The van der Waals surface area contributed by atoms with Gasteiger partial charge >= 0.3 is 5.97 Å². The minimum Gasteiger partial charge on any atom is -0.491 e. The first-order valence-electron chi connectivity index (χ1n) is 24.1. The smallest absolute Gasteiger partial charge is 0.313 e. The molecule has 0 heterocycles. The highest BCUT2D eigenvalue weighted by Gasteiger charge is 2.16. The first-order chi connectivity index (χ1) is 34.7. The standard InChI is InChI=1S/C24H42N2O5.C18H25F3O6.C6H12N2.C3H5Cl.C2H2/c1-5-21(6-2)22-8-10-24(11-9-22)31-19-18-29-15-14-27-12-13-28-16-17-30-20-23(7-3)26-25-4;1-2-4-23-6-8-25-10-11-26-9-7-24-5-3-17(22)27-18-15(20)12-14(19)13-16(18)21;1-3-6(4-7)5(2)8;1-3(2)4;1-2/h7-11,21,25-26H,5-6,12-20H2,1-4H3;12-13H,2-11H2,1H3;4,7H,3,8H2,1-2H3;1H2,2H3;1-2H/b23-7-;;6-5-,7-4?;;. The van der Waals surface area contributed by atoms with E-state index >= 15 is 0 Å². The monoisotopic (exact) mass is 1050 g/mol. The third-order valence-corrected chi connectivity index (χ3v) is 9.00. The van der Waals surface area contributed by atoms with Crippen LogP contribution in [0.2, 0.25) is 0 Å². The van der Waals surface area contributed by atoms with E-state index in [9.17, 15) is 18.0 Å². The first-order valence-corrected chi connectivity index (χ1v) is 24.5. The third kappa shape index (κ3) is 44.2. The van der Waals surface area contributed by atoms with Crippen LogP contribution >= 0.6 is 11.6 Å². The Morgan fingerprint density at radius 3 is 1.51 bits per heavy atom. The van der Waals surface area contributed by atoms with Gasteiger partial charge in [-0.3, -0.25) is 4.79 Å². The van der Waals surface area contributed by atoms with E-state index in [-0.39, 0.29) is 19.6 Å². The Morgan fingerprint density at radius 2 is 1.15 bits per heavy atom. The van der Waals surface area contributed by atoms with E-state index in [1.54, 1.807) is 6.92 Å². The molecule has 0 amide bonds. The number of nitrogens with two attached hydrogens (primary N) is 1. The van der Waals surface area contributed by atoms with Crippen LogP contribution in [0.25, 0.3) is 0 Å². The van der Waals surface area contributed by atoms with Gasteiger partial charge in [0.05, 0.1) is 106 Å². The van der Waals surface area contributed by atoms with Gasteiger partial charge in [-0.2, -0.15) is 0 Å². The molecule has 0 saturated heterocycles. The topological polar surface area (TPSA) is 183 Å². The predicted molar refractivity (Wildman–Crippen MR) is 281 cm³/mol. The summed E-state index contributed by atoms with van der Waals surface area (Å²) >= 11 is 5.08. The Labute approximate surface area is 434 Å². The summed E-state index contributed by atoms with van der Waals surface area (Å²) in [5.41, 5.74) is 15.3. The van der Waals surface area contributed by atoms with Gasteiger partial charge in [-0.05, 0) is 75.6 Å². The Kier molecular flexibility index (Phi) is 52.6. The van der Waals surface area contributed by atoms with Crippen LogP contribution < -0.4 is 26.1 Å². The van der Waals surface area contributed by atoms with Gasteiger partial charge in [0, 0.05) is 48.4 Å². The highest BCUT2D eigenvalue weighted by Crippen LogP contribution is 2.25. The van der Waals surface area contributed by atoms with Gasteiger partial charge in [-0.25, -0.2) is 18.6 Å². The number of hydrazine groups is 1. The van der Waals surface area contributed by atoms with Crippen molar-refractivity contribution in [3.05, 3.63) is 94.1 Å². The molecule has 0 fully saturated rings. The maximum absolute atomic E-state index is 13.3. The highest BCUT2D eigenvalue weighted by molar-refractivity contribution is 6.28. The van der Waals surface area contributed by atoms with Crippen LogP contribution in [-0.4, -0.2) is 132 Å². The minimum atomic E-state index is -1.28. The number of carbonyl (C=O) groups is 1. The predicted octanol–water partition coefficient (Wildman–Crippen LogP) is 9.83. The van der Waals surface area contributed by atoms with Gasteiger partial charge < -0.3 is 63.9 Å². The molecule has 72 heavy (non-hydrogen) atoms. The average Bonchev–Trinajstić information content (AvgIpc) is 3.35. The quantitative estimate of drug-likeness (QED) is 0.0125. The summed E-state index contributed by atoms with van der Waals surface area (Å²) in [4.78, 5) is 11.5. The Morgan fingerprint density at radius 1 is 0.736 bits per heavy atom. The molecule has 0 aromatic heterocycles. The second-order valence-electron chi connectivity index (χ2n) is 14.8. The number of carbonyl (C=O) groups excluding carboxylic acids is 1. The SMILES string of the molecule is C#C.C/C=C(/COCCOCCOCCOCCOc1ccc(C(CC)CC)cc1)NNC.C=C(C)Cl.CC/C(C=N)=C(\C)N.CCCOCCOCCOCCOCCC(=O)Oc1c(F)cc(F)cc1F. The molecule has 0 saturated carbocycles. The third-order valence-electron chi connectivity index (χ3n) is 9.00. The van der Waals surface area contributed by atoms with Crippen LogP contribution in [0.3, 0.4) is 0 Å². The van der Waals surface area contributed by atoms with Crippen LogP contribution in [0.4, 0.5) is 13.2 Å². The minimum absolute atomic E-state index is 0.00209. The lowest BCUT2D eigenvalue weighted by molar-refractivity contribution is -0.136. The van der Waals surface area contributed by atoms with Crippen LogP contribution in [0, 0.1) is 35.7 Å². The lowest BCUT2D eigenvalue weighted by Crippen LogP contribution is -2.29. The van der Waals surface area contributed by atoms with Crippen molar-refractivity contribution in [1.29, 1.82) is 5.41 Å². The van der Waals surface area contributed by atoms with Gasteiger partial charge in [0.25, 0.3) is 0 Å². The molecular weight excluding hydrogens is 961 g/mol. The molecule has 412 valence electrons. The van der Waals surface area contributed by atoms with Crippen LogP contribution in [0.1, 0.15) is 92.1 Å². The zero-order chi connectivity index (χ0) is 54.6. The summed E-state index contributed by atoms with van der Waals surface area (Å²) < 4.78 is 92.7. The molecular formula is C53H86ClF3N4O11. The van der Waals surface area contributed by atoms with Crippen molar-refractivity contribution in [2.45, 2.75) is 86.5 Å². The number of hydrogen-bond donors (Lipinski definition) is 4. The first kappa shape index (κ1) is 71.7. The molecule has 0 radical (unpaired) electrons. The van der Waals surface area contributed by atoms with Crippen molar-refractivity contribution < 1.29 is 65.3 Å². The Hall–Kier alpha value is -4.52. The number of allylic oxidation sites excluding steroid dienone is 4. The molecule has 0 atom stereocenters. The molecule has 2 aromatic carbocycles. The summed E-state index contributed by atoms with van der Waals surface area (Å²) in [5.74, 6) is -3.96. The normalized spacial score (nSPS) is 11.0. The van der Waals surface area contributed by atoms with Crippen molar-refractivity contribution >= 4 is 23.8 Å². The van der Waals surface area contributed by atoms with Crippen molar-refractivity contribution in [2.75, 3.05) is 119 Å². The fourth-order valence-corrected chi connectivity index (χ4v) is 5.36.